The van der Waals surface area contributed by atoms with Crippen molar-refractivity contribution in [3.63, 3.8) is 0 Å². The molecule has 2 rings (SSSR count). The molecule has 0 unspecified atom stereocenters. The maximum absolute atomic E-state index is 11.7. The van der Waals surface area contributed by atoms with E-state index < -0.39 is 18.4 Å². The standard InChI is InChI=1S/C14H17NO5/c16-13(17)8-15-14(18)10-3-1-4-11(7-10)20-9-12-5-2-6-19-12/h1,3-4,7,12H,2,5-6,8-9H2,(H,15,18)(H,16,17)/t12-/m0/s1. The maximum atomic E-state index is 11.7. The molecule has 20 heavy (non-hydrogen) atoms. The molecular weight excluding hydrogens is 262 g/mol. The molecule has 0 aliphatic carbocycles. The fourth-order valence-electron chi connectivity index (χ4n) is 1.95. The normalized spacial score (nSPS) is 17.7. The number of carbonyl (C=O) groups excluding carboxylic acids is 1. The summed E-state index contributed by atoms with van der Waals surface area (Å²) < 4.78 is 11.0. The zero-order valence-corrected chi connectivity index (χ0v) is 11.0. The van der Waals surface area contributed by atoms with Crippen LogP contribution >= 0.6 is 0 Å². The van der Waals surface area contributed by atoms with Crippen LogP contribution in [0.15, 0.2) is 24.3 Å². The first kappa shape index (κ1) is 14.3. The van der Waals surface area contributed by atoms with Crippen LogP contribution in [-0.2, 0) is 9.53 Å². The Hall–Kier alpha value is -2.08. The largest absolute Gasteiger partial charge is 0.491 e. The van der Waals surface area contributed by atoms with Crippen LogP contribution in [0.2, 0.25) is 0 Å². The van der Waals surface area contributed by atoms with Crippen molar-refractivity contribution in [2.24, 2.45) is 0 Å². The molecule has 0 saturated carbocycles. The van der Waals surface area contributed by atoms with Crippen molar-refractivity contribution in [1.82, 2.24) is 5.32 Å². The van der Waals surface area contributed by atoms with Gasteiger partial charge in [0.1, 0.15) is 18.9 Å². The number of carboxylic acid groups (broad SMARTS) is 1. The molecule has 2 N–H and O–H groups in total. The van der Waals surface area contributed by atoms with Crippen molar-refractivity contribution < 1.29 is 24.2 Å². The third kappa shape index (κ3) is 4.24. The van der Waals surface area contributed by atoms with Gasteiger partial charge in [-0.1, -0.05) is 6.07 Å². The van der Waals surface area contributed by atoms with E-state index in [2.05, 4.69) is 5.32 Å². The highest BCUT2D eigenvalue weighted by atomic mass is 16.5. The van der Waals surface area contributed by atoms with Gasteiger partial charge in [-0.05, 0) is 31.0 Å². The first-order chi connectivity index (χ1) is 9.65. The lowest BCUT2D eigenvalue weighted by Gasteiger charge is -2.12. The first-order valence-electron chi connectivity index (χ1n) is 6.49. The van der Waals surface area contributed by atoms with Crippen LogP contribution in [0.1, 0.15) is 23.2 Å². The van der Waals surface area contributed by atoms with Crippen molar-refractivity contribution in [3.8, 4) is 5.75 Å². The second kappa shape index (κ2) is 6.91. The average molecular weight is 279 g/mol. The number of hydrogen-bond acceptors (Lipinski definition) is 4. The second-order valence-electron chi connectivity index (χ2n) is 4.55. The van der Waals surface area contributed by atoms with E-state index in [4.69, 9.17) is 14.6 Å². The van der Waals surface area contributed by atoms with Gasteiger partial charge in [0.25, 0.3) is 5.91 Å². The summed E-state index contributed by atoms with van der Waals surface area (Å²) in [6.07, 6.45) is 2.14. The predicted octanol–water partition coefficient (Wildman–Crippen LogP) is 1.06. The Labute approximate surface area is 116 Å². The van der Waals surface area contributed by atoms with Crippen molar-refractivity contribution in [2.75, 3.05) is 19.8 Å². The van der Waals surface area contributed by atoms with Gasteiger partial charge in [-0.25, -0.2) is 0 Å². The molecule has 1 aliphatic rings. The maximum Gasteiger partial charge on any atom is 0.322 e. The third-order valence-electron chi connectivity index (χ3n) is 2.96. The summed E-state index contributed by atoms with van der Waals surface area (Å²) >= 11 is 0. The Kier molecular flexibility index (Phi) is 4.95. The van der Waals surface area contributed by atoms with E-state index in [-0.39, 0.29) is 6.10 Å². The zero-order chi connectivity index (χ0) is 14.4. The number of amides is 1. The van der Waals surface area contributed by atoms with E-state index in [1.54, 1.807) is 24.3 Å². The number of carbonyl (C=O) groups is 2. The molecule has 1 aliphatic heterocycles. The van der Waals surface area contributed by atoms with E-state index in [0.717, 1.165) is 19.4 Å². The van der Waals surface area contributed by atoms with E-state index in [0.29, 0.717) is 17.9 Å². The minimum atomic E-state index is -1.08. The SMILES string of the molecule is O=C(O)CNC(=O)c1cccc(OC[C@@H]2CCCO2)c1. The number of hydrogen-bond donors (Lipinski definition) is 2. The van der Waals surface area contributed by atoms with E-state index in [1.165, 1.54) is 0 Å². The minimum absolute atomic E-state index is 0.111. The Morgan fingerprint density at radius 1 is 1.45 bits per heavy atom. The average Bonchev–Trinajstić information content (AvgIpc) is 2.96. The number of benzene rings is 1. The highest BCUT2D eigenvalue weighted by Gasteiger charge is 2.16. The van der Waals surface area contributed by atoms with Crippen LogP contribution < -0.4 is 10.1 Å². The Morgan fingerprint density at radius 2 is 2.30 bits per heavy atom. The van der Waals surface area contributed by atoms with E-state index in [1.807, 2.05) is 0 Å². The van der Waals surface area contributed by atoms with Gasteiger partial charge in [0.2, 0.25) is 0 Å². The van der Waals surface area contributed by atoms with Gasteiger partial charge >= 0.3 is 5.97 Å². The monoisotopic (exact) mass is 279 g/mol. The Bertz CT molecular complexity index is 482. The lowest BCUT2D eigenvalue weighted by molar-refractivity contribution is -0.135. The Balaban J connectivity index is 1.89. The van der Waals surface area contributed by atoms with Crippen LogP contribution in [-0.4, -0.2) is 42.8 Å². The summed E-state index contributed by atoms with van der Waals surface area (Å²) in [4.78, 5) is 22.1. The van der Waals surface area contributed by atoms with E-state index >= 15 is 0 Å². The molecule has 1 aromatic rings. The third-order valence-corrected chi connectivity index (χ3v) is 2.96. The van der Waals surface area contributed by atoms with Gasteiger partial charge in [0.15, 0.2) is 0 Å². The molecule has 108 valence electrons. The highest BCUT2D eigenvalue weighted by Crippen LogP contribution is 2.17. The number of aliphatic carboxylic acids is 1. The van der Waals surface area contributed by atoms with Crippen LogP contribution in [0.4, 0.5) is 0 Å². The summed E-state index contributed by atoms with van der Waals surface area (Å²) in [5.74, 6) is -0.942. The van der Waals surface area contributed by atoms with Gasteiger partial charge in [-0.2, -0.15) is 0 Å². The van der Waals surface area contributed by atoms with Crippen LogP contribution in [0, 0.1) is 0 Å². The van der Waals surface area contributed by atoms with Gasteiger partial charge < -0.3 is 19.9 Å². The quantitative estimate of drug-likeness (QED) is 0.813. The van der Waals surface area contributed by atoms with Crippen LogP contribution in [0.5, 0.6) is 5.75 Å². The van der Waals surface area contributed by atoms with Crippen molar-refractivity contribution in [1.29, 1.82) is 0 Å². The summed E-state index contributed by atoms with van der Waals surface area (Å²) in [5.41, 5.74) is 0.371. The number of nitrogens with one attached hydrogen (secondary N) is 1. The fourth-order valence-corrected chi connectivity index (χ4v) is 1.95. The summed E-state index contributed by atoms with van der Waals surface area (Å²) in [7, 11) is 0. The summed E-state index contributed by atoms with van der Waals surface area (Å²) in [6, 6.07) is 6.64. The van der Waals surface area contributed by atoms with E-state index in [9.17, 15) is 9.59 Å². The number of carboxylic acids is 1. The molecule has 1 heterocycles. The topological polar surface area (TPSA) is 84.9 Å². The molecule has 0 bridgehead atoms. The fraction of sp³-hybridized carbons (Fsp3) is 0.429. The molecule has 6 heteroatoms. The minimum Gasteiger partial charge on any atom is -0.491 e. The molecule has 1 atom stereocenters. The summed E-state index contributed by atoms with van der Waals surface area (Å²) in [5, 5.41) is 10.8. The van der Waals surface area contributed by atoms with Gasteiger partial charge in [0.05, 0.1) is 6.10 Å². The van der Waals surface area contributed by atoms with Gasteiger partial charge in [-0.15, -0.1) is 0 Å². The molecule has 1 aromatic carbocycles. The summed E-state index contributed by atoms with van der Waals surface area (Å²) in [6.45, 7) is 0.825. The lowest BCUT2D eigenvalue weighted by Crippen LogP contribution is -2.29. The molecule has 0 spiro atoms. The zero-order valence-electron chi connectivity index (χ0n) is 11.0. The number of rotatable bonds is 6. The van der Waals surface area contributed by atoms with Crippen LogP contribution in [0.25, 0.3) is 0 Å². The molecule has 1 amide bonds. The smallest absolute Gasteiger partial charge is 0.322 e. The van der Waals surface area contributed by atoms with Crippen LogP contribution in [0.3, 0.4) is 0 Å². The molecule has 0 aromatic heterocycles. The molecule has 1 saturated heterocycles. The second-order valence-corrected chi connectivity index (χ2v) is 4.55. The first-order valence-corrected chi connectivity index (χ1v) is 6.49. The lowest BCUT2D eigenvalue weighted by atomic mass is 10.2. The molecular formula is C14H17NO5. The van der Waals surface area contributed by atoms with Crippen molar-refractivity contribution >= 4 is 11.9 Å². The molecule has 6 nitrogen and oxygen atoms in total. The number of ether oxygens (including phenoxy) is 2. The predicted molar refractivity (Wildman–Crippen MR) is 70.9 cm³/mol. The van der Waals surface area contributed by atoms with Crippen molar-refractivity contribution in [2.45, 2.75) is 18.9 Å². The van der Waals surface area contributed by atoms with Crippen molar-refractivity contribution in [3.05, 3.63) is 29.8 Å². The van der Waals surface area contributed by atoms with Gasteiger partial charge in [0, 0.05) is 12.2 Å². The Morgan fingerprint density at radius 3 is 3.00 bits per heavy atom. The highest BCUT2D eigenvalue weighted by molar-refractivity contribution is 5.96. The molecule has 0 radical (unpaired) electrons. The van der Waals surface area contributed by atoms with Gasteiger partial charge in [-0.3, -0.25) is 9.59 Å². The molecule has 1 fully saturated rings.